The van der Waals surface area contributed by atoms with Crippen LogP contribution in [0.1, 0.15) is 23.8 Å². The molecular formula is C23H21N5OS. The quantitative estimate of drug-likeness (QED) is 0.495. The van der Waals surface area contributed by atoms with Crippen LogP contribution in [0.25, 0.3) is 21.6 Å². The Morgan fingerprint density at radius 1 is 1.10 bits per heavy atom. The summed E-state index contributed by atoms with van der Waals surface area (Å²) < 4.78 is 0. The SMILES string of the molecule is CC(Nc1nc(-c2cccnc2)nc2sc3c(c12)CCC3)C(=O)Nc1ccccc1. The molecule has 3 aromatic heterocycles. The van der Waals surface area contributed by atoms with Crippen molar-refractivity contribution >= 4 is 39.0 Å². The lowest BCUT2D eigenvalue weighted by Gasteiger charge is -2.16. The second kappa shape index (κ2) is 7.84. The Morgan fingerprint density at radius 3 is 2.77 bits per heavy atom. The molecule has 7 heteroatoms. The van der Waals surface area contributed by atoms with E-state index in [2.05, 4.69) is 15.6 Å². The lowest BCUT2D eigenvalue weighted by molar-refractivity contribution is -0.116. The minimum absolute atomic E-state index is 0.109. The number of benzene rings is 1. The van der Waals surface area contributed by atoms with E-state index in [0.29, 0.717) is 11.6 Å². The molecule has 0 saturated heterocycles. The summed E-state index contributed by atoms with van der Waals surface area (Å²) in [5, 5.41) is 7.36. The molecule has 1 unspecified atom stereocenters. The molecule has 30 heavy (non-hydrogen) atoms. The number of carbonyl (C=O) groups excluding carboxylic acids is 1. The maximum atomic E-state index is 12.8. The third-order valence-electron chi connectivity index (χ3n) is 5.27. The molecule has 1 amide bonds. The number of nitrogens with one attached hydrogen (secondary N) is 2. The van der Waals surface area contributed by atoms with Gasteiger partial charge in [0.25, 0.3) is 0 Å². The molecule has 0 saturated carbocycles. The highest BCUT2D eigenvalue weighted by Crippen LogP contribution is 2.40. The van der Waals surface area contributed by atoms with Crippen LogP contribution in [-0.4, -0.2) is 26.9 Å². The number of hydrogen-bond acceptors (Lipinski definition) is 6. The van der Waals surface area contributed by atoms with Crippen molar-refractivity contribution in [2.75, 3.05) is 10.6 Å². The molecule has 1 aromatic carbocycles. The third kappa shape index (κ3) is 3.52. The van der Waals surface area contributed by atoms with Gasteiger partial charge in [-0.3, -0.25) is 9.78 Å². The van der Waals surface area contributed by atoms with Gasteiger partial charge in [0.15, 0.2) is 5.82 Å². The van der Waals surface area contributed by atoms with Crippen LogP contribution in [-0.2, 0) is 17.6 Å². The molecule has 0 bridgehead atoms. The average molecular weight is 416 g/mol. The van der Waals surface area contributed by atoms with Crippen LogP contribution in [0.4, 0.5) is 11.5 Å². The zero-order valence-corrected chi connectivity index (χ0v) is 17.4. The first-order valence-corrected chi connectivity index (χ1v) is 10.9. The molecule has 3 heterocycles. The fourth-order valence-corrected chi connectivity index (χ4v) is 5.03. The molecule has 1 aliphatic rings. The van der Waals surface area contributed by atoms with E-state index < -0.39 is 6.04 Å². The number of nitrogens with zero attached hydrogens (tertiary/aromatic N) is 3. The topological polar surface area (TPSA) is 79.8 Å². The van der Waals surface area contributed by atoms with Gasteiger partial charge < -0.3 is 10.6 Å². The van der Waals surface area contributed by atoms with Crippen molar-refractivity contribution in [2.45, 2.75) is 32.2 Å². The molecule has 1 atom stereocenters. The number of para-hydroxylation sites is 1. The molecule has 5 rings (SSSR count). The highest BCUT2D eigenvalue weighted by atomic mass is 32.1. The summed E-state index contributed by atoms with van der Waals surface area (Å²) in [5.41, 5.74) is 2.96. The fraction of sp³-hybridized carbons (Fsp3) is 0.217. The maximum absolute atomic E-state index is 12.8. The van der Waals surface area contributed by atoms with Crippen LogP contribution in [0.2, 0.25) is 0 Å². The van der Waals surface area contributed by atoms with Crippen molar-refractivity contribution in [1.82, 2.24) is 15.0 Å². The van der Waals surface area contributed by atoms with E-state index in [9.17, 15) is 4.79 Å². The summed E-state index contributed by atoms with van der Waals surface area (Å²) in [4.78, 5) is 28.9. The number of carbonyl (C=O) groups is 1. The number of amides is 1. The number of aryl methyl sites for hydroxylation is 2. The minimum atomic E-state index is -0.456. The van der Waals surface area contributed by atoms with Gasteiger partial charge in [0.05, 0.1) is 5.39 Å². The average Bonchev–Trinajstić information content (AvgIpc) is 3.36. The largest absolute Gasteiger partial charge is 0.358 e. The van der Waals surface area contributed by atoms with Crippen molar-refractivity contribution in [2.24, 2.45) is 0 Å². The van der Waals surface area contributed by atoms with Gasteiger partial charge in [-0.25, -0.2) is 9.97 Å². The zero-order chi connectivity index (χ0) is 20.5. The number of thiophene rings is 1. The lowest BCUT2D eigenvalue weighted by Crippen LogP contribution is -2.32. The number of hydrogen-bond donors (Lipinski definition) is 2. The van der Waals surface area contributed by atoms with Gasteiger partial charge >= 0.3 is 0 Å². The number of fused-ring (bicyclic) bond motifs is 3. The van der Waals surface area contributed by atoms with Gasteiger partial charge in [-0.1, -0.05) is 18.2 Å². The van der Waals surface area contributed by atoms with Crippen molar-refractivity contribution in [3.8, 4) is 11.4 Å². The highest BCUT2D eigenvalue weighted by Gasteiger charge is 2.24. The Labute approximate surface area is 178 Å². The monoisotopic (exact) mass is 415 g/mol. The molecular weight excluding hydrogens is 394 g/mol. The predicted octanol–water partition coefficient (Wildman–Crippen LogP) is 4.68. The maximum Gasteiger partial charge on any atom is 0.246 e. The van der Waals surface area contributed by atoms with Crippen LogP contribution in [0.3, 0.4) is 0 Å². The number of pyridine rings is 1. The molecule has 0 radical (unpaired) electrons. The van der Waals surface area contributed by atoms with E-state index in [-0.39, 0.29) is 5.91 Å². The molecule has 6 nitrogen and oxygen atoms in total. The standard InChI is InChI=1S/C23H21N5OS/c1-14(22(29)26-16-8-3-2-4-9-16)25-21-19-17-10-5-11-18(17)30-23(19)28-20(27-21)15-7-6-12-24-13-15/h2-4,6-9,12-14H,5,10-11H2,1H3,(H,26,29)(H,25,27,28). The predicted molar refractivity (Wildman–Crippen MR) is 121 cm³/mol. The Bertz CT molecular complexity index is 1210. The summed E-state index contributed by atoms with van der Waals surface area (Å²) in [7, 11) is 0. The van der Waals surface area contributed by atoms with E-state index in [4.69, 9.17) is 9.97 Å². The van der Waals surface area contributed by atoms with Crippen LogP contribution >= 0.6 is 11.3 Å². The molecule has 4 aromatic rings. The molecule has 150 valence electrons. The van der Waals surface area contributed by atoms with Gasteiger partial charge in [0, 0.05) is 28.5 Å². The Kier molecular flexibility index (Phi) is 4.88. The first-order chi connectivity index (χ1) is 14.7. The smallest absolute Gasteiger partial charge is 0.246 e. The van der Waals surface area contributed by atoms with Gasteiger partial charge in [0.1, 0.15) is 16.7 Å². The second-order valence-corrected chi connectivity index (χ2v) is 8.48. The summed E-state index contributed by atoms with van der Waals surface area (Å²) in [5.74, 6) is 1.23. The molecule has 0 fully saturated rings. The van der Waals surface area contributed by atoms with Gasteiger partial charge in [0.2, 0.25) is 5.91 Å². The highest BCUT2D eigenvalue weighted by molar-refractivity contribution is 7.19. The number of rotatable bonds is 5. The van der Waals surface area contributed by atoms with Gasteiger partial charge in [-0.2, -0.15) is 0 Å². The van der Waals surface area contributed by atoms with Crippen LogP contribution in [0, 0.1) is 0 Å². The Balaban J connectivity index is 1.51. The van der Waals surface area contributed by atoms with Crippen LogP contribution in [0.5, 0.6) is 0 Å². The van der Waals surface area contributed by atoms with Crippen molar-refractivity contribution < 1.29 is 4.79 Å². The lowest BCUT2D eigenvalue weighted by atomic mass is 10.1. The second-order valence-electron chi connectivity index (χ2n) is 7.40. The Morgan fingerprint density at radius 2 is 1.97 bits per heavy atom. The van der Waals surface area contributed by atoms with E-state index in [1.54, 1.807) is 23.7 Å². The zero-order valence-electron chi connectivity index (χ0n) is 16.6. The molecule has 0 spiro atoms. The number of aromatic nitrogens is 3. The first kappa shape index (κ1) is 18.7. The summed E-state index contributed by atoms with van der Waals surface area (Å²) >= 11 is 1.74. The van der Waals surface area contributed by atoms with Crippen LogP contribution in [0.15, 0.2) is 54.9 Å². The third-order valence-corrected chi connectivity index (χ3v) is 6.46. The Hall–Kier alpha value is -3.32. The fourth-order valence-electron chi connectivity index (χ4n) is 3.77. The van der Waals surface area contributed by atoms with Gasteiger partial charge in [-0.05, 0) is 56.0 Å². The van der Waals surface area contributed by atoms with E-state index in [0.717, 1.165) is 40.7 Å². The van der Waals surface area contributed by atoms with E-state index >= 15 is 0 Å². The summed E-state index contributed by atoms with van der Waals surface area (Å²) in [6, 6.07) is 12.8. The summed E-state index contributed by atoms with van der Waals surface area (Å²) in [6.07, 6.45) is 6.77. The van der Waals surface area contributed by atoms with E-state index in [1.165, 1.54) is 10.4 Å². The molecule has 2 N–H and O–H groups in total. The van der Waals surface area contributed by atoms with Crippen LogP contribution < -0.4 is 10.6 Å². The number of anilines is 2. The van der Waals surface area contributed by atoms with Gasteiger partial charge in [-0.15, -0.1) is 11.3 Å². The molecule has 0 aliphatic heterocycles. The normalized spacial score (nSPS) is 13.8. The van der Waals surface area contributed by atoms with Crippen molar-refractivity contribution in [3.05, 3.63) is 65.3 Å². The van der Waals surface area contributed by atoms with Crippen molar-refractivity contribution in [3.63, 3.8) is 0 Å². The van der Waals surface area contributed by atoms with E-state index in [1.807, 2.05) is 49.4 Å². The van der Waals surface area contributed by atoms with Crippen molar-refractivity contribution in [1.29, 1.82) is 0 Å². The molecule has 1 aliphatic carbocycles. The first-order valence-electron chi connectivity index (χ1n) is 10.0. The summed E-state index contributed by atoms with van der Waals surface area (Å²) in [6.45, 7) is 1.85. The minimum Gasteiger partial charge on any atom is -0.358 e.